The first kappa shape index (κ1) is 13.3. The molecule has 19 heavy (non-hydrogen) atoms. The lowest BCUT2D eigenvalue weighted by Gasteiger charge is -2.08. The third-order valence-electron chi connectivity index (χ3n) is 2.59. The zero-order valence-electron chi connectivity index (χ0n) is 10.3. The van der Waals surface area contributed by atoms with Crippen LogP contribution in [0, 0.1) is 17.0 Å². The second-order valence-electron chi connectivity index (χ2n) is 4.10. The maximum atomic E-state index is 10.7. The molecule has 0 spiro atoms. The van der Waals surface area contributed by atoms with E-state index in [1.165, 1.54) is 18.2 Å². The number of nitrogens with one attached hydrogen (secondary N) is 1. The molecule has 0 saturated carbocycles. The Labute approximate surface area is 115 Å². The summed E-state index contributed by atoms with van der Waals surface area (Å²) in [5, 5.41) is 14.2. The van der Waals surface area contributed by atoms with Crippen molar-refractivity contribution in [3.8, 4) is 0 Å². The minimum Gasteiger partial charge on any atom is -0.378 e. The van der Waals surface area contributed by atoms with E-state index in [-0.39, 0.29) is 5.69 Å². The molecule has 6 heteroatoms. The van der Waals surface area contributed by atoms with Gasteiger partial charge in [-0.3, -0.25) is 15.1 Å². The molecule has 0 saturated heterocycles. The second kappa shape index (κ2) is 5.67. The van der Waals surface area contributed by atoms with Gasteiger partial charge in [-0.05, 0) is 24.6 Å². The number of anilines is 1. The molecule has 1 aromatic carbocycles. The number of hydrogen-bond acceptors (Lipinski definition) is 4. The van der Waals surface area contributed by atoms with Gasteiger partial charge in [-0.2, -0.15) is 0 Å². The van der Waals surface area contributed by atoms with E-state index in [0.29, 0.717) is 17.3 Å². The van der Waals surface area contributed by atoms with Crippen molar-refractivity contribution < 1.29 is 4.92 Å². The van der Waals surface area contributed by atoms with Gasteiger partial charge in [-0.25, -0.2) is 0 Å². The first-order valence-corrected chi connectivity index (χ1v) is 6.03. The van der Waals surface area contributed by atoms with Crippen LogP contribution in [0.5, 0.6) is 0 Å². The first-order valence-electron chi connectivity index (χ1n) is 5.65. The maximum absolute atomic E-state index is 10.7. The molecule has 98 valence electrons. The molecular weight excluding hydrogens is 266 g/mol. The van der Waals surface area contributed by atoms with Gasteiger partial charge >= 0.3 is 0 Å². The molecule has 0 bridgehead atoms. The average Bonchev–Trinajstić information content (AvgIpc) is 2.39. The summed E-state index contributed by atoms with van der Waals surface area (Å²) in [4.78, 5) is 14.5. The summed E-state index contributed by atoms with van der Waals surface area (Å²) in [6.07, 6.45) is 1.77. The van der Waals surface area contributed by atoms with Crippen LogP contribution >= 0.6 is 11.6 Å². The number of pyridine rings is 1. The number of halogens is 1. The van der Waals surface area contributed by atoms with Crippen LogP contribution in [0.25, 0.3) is 0 Å². The van der Waals surface area contributed by atoms with Crippen LogP contribution < -0.4 is 5.32 Å². The van der Waals surface area contributed by atoms with Crippen molar-refractivity contribution in [1.82, 2.24) is 4.98 Å². The van der Waals surface area contributed by atoms with Crippen LogP contribution in [-0.4, -0.2) is 9.91 Å². The highest BCUT2D eigenvalue weighted by Gasteiger charge is 2.09. The van der Waals surface area contributed by atoms with E-state index in [1.54, 1.807) is 6.20 Å². The van der Waals surface area contributed by atoms with E-state index >= 15 is 0 Å². The van der Waals surface area contributed by atoms with E-state index in [1.807, 2.05) is 19.1 Å². The van der Waals surface area contributed by atoms with E-state index in [9.17, 15) is 10.1 Å². The van der Waals surface area contributed by atoms with Crippen molar-refractivity contribution in [2.24, 2.45) is 0 Å². The number of non-ortho nitro benzene ring substituents is 1. The number of hydrogen-bond donors (Lipinski definition) is 1. The van der Waals surface area contributed by atoms with E-state index in [2.05, 4.69) is 10.3 Å². The third-order valence-corrected chi connectivity index (χ3v) is 2.92. The summed E-state index contributed by atoms with van der Waals surface area (Å²) in [5.41, 5.74) is 2.45. The molecule has 0 radical (unpaired) electrons. The van der Waals surface area contributed by atoms with Gasteiger partial charge in [0.1, 0.15) is 0 Å². The fraction of sp³-hybridized carbons (Fsp3) is 0.154. The molecule has 0 fully saturated rings. The third kappa shape index (κ3) is 3.42. The predicted octanol–water partition coefficient (Wildman–Crippen LogP) is 3.56. The number of rotatable bonds is 4. The summed E-state index contributed by atoms with van der Waals surface area (Å²) < 4.78 is 0. The van der Waals surface area contributed by atoms with Crippen molar-refractivity contribution >= 4 is 23.0 Å². The number of aromatic nitrogens is 1. The van der Waals surface area contributed by atoms with Crippen molar-refractivity contribution in [3.63, 3.8) is 0 Å². The number of aryl methyl sites for hydroxylation is 1. The fourth-order valence-corrected chi connectivity index (χ4v) is 1.74. The Morgan fingerprint density at radius 3 is 2.79 bits per heavy atom. The number of nitro groups is 1. The zero-order valence-corrected chi connectivity index (χ0v) is 11.0. The van der Waals surface area contributed by atoms with Crippen LogP contribution in [0.15, 0.2) is 36.5 Å². The van der Waals surface area contributed by atoms with Crippen LogP contribution in [0.3, 0.4) is 0 Å². The van der Waals surface area contributed by atoms with Gasteiger partial charge in [0.25, 0.3) is 5.69 Å². The van der Waals surface area contributed by atoms with E-state index in [0.717, 1.165) is 11.3 Å². The highest BCUT2D eigenvalue weighted by Crippen LogP contribution is 2.26. The lowest BCUT2D eigenvalue weighted by molar-refractivity contribution is -0.384. The zero-order chi connectivity index (χ0) is 13.8. The first-order chi connectivity index (χ1) is 9.06. The Kier molecular flexibility index (Phi) is 3.97. The highest BCUT2D eigenvalue weighted by molar-refractivity contribution is 6.33. The quantitative estimate of drug-likeness (QED) is 0.685. The molecule has 5 nitrogen and oxygen atoms in total. The number of nitrogens with zero attached hydrogens (tertiary/aromatic N) is 2. The second-order valence-corrected chi connectivity index (χ2v) is 4.51. The van der Waals surface area contributed by atoms with Gasteiger partial charge in [0.15, 0.2) is 0 Å². The molecule has 1 N–H and O–H groups in total. The van der Waals surface area contributed by atoms with Crippen LogP contribution in [0.4, 0.5) is 11.4 Å². The van der Waals surface area contributed by atoms with Gasteiger partial charge in [-0.15, -0.1) is 0 Å². The summed E-state index contributed by atoms with van der Waals surface area (Å²) in [6, 6.07) is 8.14. The number of benzene rings is 1. The molecule has 1 heterocycles. The molecule has 0 aliphatic heterocycles. The monoisotopic (exact) mass is 277 g/mol. The van der Waals surface area contributed by atoms with Crippen molar-refractivity contribution in [3.05, 3.63) is 62.9 Å². The van der Waals surface area contributed by atoms with Gasteiger partial charge in [0.05, 0.1) is 27.9 Å². The summed E-state index contributed by atoms with van der Waals surface area (Å²) >= 11 is 5.99. The Morgan fingerprint density at radius 1 is 1.37 bits per heavy atom. The van der Waals surface area contributed by atoms with Gasteiger partial charge in [0, 0.05) is 18.3 Å². The molecule has 0 amide bonds. The van der Waals surface area contributed by atoms with Crippen LogP contribution in [0.1, 0.15) is 11.3 Å². The standard InChI is InChI=1S/C13H12ClN3O2/c1-9-2-3-10(15-7-9)8-16-13-6-11(17(18)19)4-5-12(13)14/h2-7,16H,8H2,1H3. The molecule has 2 aromatic rings. The van der Waals surface area contributed by atoms with Crippen molar-refractivity contribution in [2.45, 2.75) is 13.5 Å². The van der Waals surface area contributed by atoms with Crippen molar-refractivity contribution in [2.75, 3.05) is 5.32 Å². The predicted molar refractivity (Wildman–Crippen MR) is 74.4 cm³/mol. The van der Waals surface area contributed by atoms with E-state index < -0.39 is 4.92 Å². The molecule has 0 atom stereocenters. The Bertz CT molecular complexity index is 599. The van der Waals surface area contributed by atoms with Crippen LogP contribution in [-0.2, 0) is 6.54 Å². The number of nitro benzene ring substituents is 1. The minimum atomic E-state index is -0.453. The maximum Gasteiger partial charge on any atom is 0.271 e. The molecule has 0 unspecified atom stereocenters. The van der Waals surface area contributed by atoms with Gasteiger partial charge in [0.2, 0.25) is 0 Å². The Balaban J connectivity index is 2.12. The average molecular weight is 278 g/mol. The van der Waals surface area contributed by atoms with Gasteiger partial charge in [-0.1, -0.05) is 17.7 Å². The topological polar surface area (TPSA) is 68.1 Å². The fourth-order valence-electron chi connectivity index (χ4n) is 1.55. The molecule has 0 aliphatic carbocycles. The molecule has 1 aromatic heterocycles. The summed E-state index contributed by atoms with van der Waals surface area (Å²) in [6.45, 7) is 2.42. The Morgan fingerprint density at radius 2 is 2.16 bits per heavy atom. The minimum absolute atomic E-state index is 0.00349. The van der Waals surface area contributed by atoms with Gasteiger partial charge < -0.3 is 5.32 Å². The van der Waals surface area contributed by atoms with E-state index in [4.69, 9.17) is 11.6 Å². The summed E-state index contributed by atoms with van der Waals surface area (Å²) in [5.74, 6) is 0. The largest absolute Gasteiger partial charge is 0.378 e. The normalized spacial score (nSPS) is 10.2. The molecule has 0 aliphatic rings. The lowest BCUT2D eigenvalue weighted by Crippen LogP contribution is -2.02. The molecular formula is C13H12ClN3O2. The highest BCUT2D eigenvalue weighted by atomic mass is 35.5. The Hall–Kier alpha value is -2.14. The lowest BCUT2D eigenvalue weighted by atomic mass is 10.2. The van der Waals surface area contributed by atoms with Crippen LogP contribution in [0.2, 0.25) is 5.02 Å². The van der Waals surface area contributed by atoms with Crippen molar-refractivity contribution in [1.29, 1.82) is 0 Å². The summed E-state index contributed by atoms with van der Waals surface area (Å²) in [7, 11) is 0. The smallest absolute Gasteiger partial charge is 0.271 e. The SMILES string of the molecule is Cc1ccc(CNc2cc([N+](=O)[O-])ccc2Cl)nc1. The molecule has 2 rings (SSSR count).